The van der Waals surface area contributed by atoms with Crippen molar-refractivity contribution in [3.63, 3.8) is 0 Å². The molecule has 132 valence electrons. The molecule has 2 aliphatic rings. The SMILES string of the molecule is CC1CCCCN1CCCOc1ccc2c(c1)CCNC2.Cl.Cl. The summed E-state index contributed by atoms with van der Waals surface area (Å²) in [4.78, 5) is 2.62. The van der Waals surface area contributed by atoms with Crippen molar-refractivity contribution in [2.75, 3.05) is 26.2 Å². The lowest BCUT2D eigenvalue weighted by Gasteiger charge is -2.33. The second-order valence-corrected chi connectivity index (χ2v) is 6.44. The third-order valence-electron chi connectivity index (χ3n) is 4.86. The molecule has 1 fully saturated rings. The van der Waals surface area contributed by atoms with Gasteiger partial charge in [0.25, 0.3) is 0 Å². The van der Waals surface area contributed by atoms with Crippen LogP contribution in [0.25, 0.3) is 0 Å². The molecule has 5 heteroatoms. The Morgan fingerprint density at radius 2 is 2.09 bits per heavy atom. The standard InChI is InChI=1S/C18H28N2O.2ClH/c1-15-5-2-3-10-20(15)11-4-12-21-18-7-6-17-14-19-9-8-16(17)13-18;;/h6-7,13,15,19H,2-5,8-12,14H2,1H3;2*1H. The molecular weight excluding hydrogens is 331 g/mol. The maximum Gasteiger partial charge on any atom is 0.119 e. The van der Waals surface area contributed by atoms with Crippen molar-refractivity contribution < 1.29 is 4.74 Å². The smallest absolute Gasteiger partial charge is 0.119 e. The maximum atomic E-state index is 5.95. The summed E-state index contributed by atoms with van der Waals surface area (Å²) in [6.45, 7) is 7.73. The van der Waals surface area contributed by atoms with Crippen LogP contribution in [0.15, 0.2) is 18.2 Å². The summed E-state index contributed by atoms with van der Waals surface area (Å²) in [5, 5.41) is 3.41. The Kier molecular flexibility index (Phi) is 9.30. The molecule has 2 aliphatic heterocycles. The molecule has 1 aromatic carbocycles. The minimum atomic E-state index is 0. The third-order valence-corrected chi connectivity index (χ3v) is 4.86. The van der Waals surface area contributed by atoms with Crippen molar-refractivity contribution in [1.82, 2.24) is 10.2 Å². The second-order valence-electron chi connectivity index (χ2n) is 6.44. The quantitative estimate of drug-likeness (QED) is 0.807. The molecule has 1 atom stereocenters. The van der Waals surface area contributed by atoms with E-state index < -0.39 is 0 Å². The van der Waals surface area contributed by atoms with E-state index in [1.54, 1.807) is 0 Å². The van der Waals surface area contributed by atoms with Crippen LogP contribution < -0.4 is 10.1 Å². The Bertz CT molecular complexity index is 470. The van der Waals surface area contributed by atoms with Gasteiger partial charge in [0.05, 0.1) is 6.61 Å². The van der Waals surface area contributed by atoms with Crippen LogP contribution in [0.4, 0.5) is 0 Å². The summed E-state index contributed by atoms with van der Waals surface area (Å²) in [5.74, 6) is 1.04. The number of hydrogen-bond acceptors (Lipinski definition) is 3. The fraction of sp³-hybridized carbons (Fsp3) is 0.667. The summed E-state index contributed by atoms with van der Waals surface area (Å²) in [5.41, 5.74) is 2.88. The average Bonchev–Trinajstić information content (AvgIpc) is 2.53. The van der Waals surface area contributed by atoms with Gasteiger partial charge in [-0.15, -0.1) is 24.8 Å². The topological polar surface area (TPSA) is 24.5 Å². The van der Waals surface area contributed by atoms with E-state index >= 15 is 0 Å². The molecule has 0 spiro atoms. The third kappa shape index (κ3) is 5.82. The Morgan fingerprint density at radius 1 is 1.22 bits per heavy atom. The van der Waals surface area contributed by atoms with Gasteiger partial charge in [-0.1, -0.05) is 12.5 Å². The number of halogens is 2. The molecule has 0 radical (unpaired) electrons. The van der Waals surface area contributed by atoms with E-state index in [0.29, 0.717) is 0 Å². The largest absolute Gasteiger partial charge is 0.494 e. The highest BCUT2D eigenvalue weighted by atomic mass is 35.5. The van der Waals surface area contributed by atoms with Crippen LogP contribution >= 0.6 is 24.8 Å². The molecule has 3 rings (SSSR count). The van der Waals surface area contributed by atoms with Gasteiger partial charge in [0.2, 0.25) is 0 Å². The Balaban J connectivity index is 0.00000132. The molecule has 0 saturated carbocycles. The lowest BCUT2D eigenvalue weighted by molar-refractivity contribution is 0.148. The van der Waals surface area contributed by atoms with Gasteiger partial charge in [-0.25, -0.2) is 0 Å². The highest BCUT2D eigenvalue weighted by Gasteiger charge is 2.17. The Morgan fingerprint density at radius 3 is 2.91 bits per heavy atom. The van der Waals surface area contributed by atoms with Crippen molar-refractivity contribution in [2.45, 2.75) is 51.6 Å². The molecule has 1 saturated heterocycles. The first kappa shape index (κ1) is 20.6. The number of piperidine rings is 1. The molecule has 0 bridgehead atoms. The Hall–Kier alpha value is -0.480. The van der Waals surface area contributed by atoms with Gasteiger partial charge in [0, 0.05) is 19.1 Å². The molecule has 0 amide bonds. The van der Waals surface area contributed by atoms with Crippen molar-refractivity contribution >= 4 is 24.8 Å². The number of rotatable bonds is 5. The molecule has 1 N–H and O–H groups in total. The maximum absolute atomic E-state index is 5.95. The molecule has 1 unspecified atom stereocenters. The predicted molar refractivity (Wildman–Crippen MR) is 101 cm³/mol. The summed E-state index contributed by atoms with van der Waals surface area (Å²) in [6.07, 6.45) is 6.38. The van der Waals surface area contributed by atoms with Gasteiger partial charge >= 0.3 is 0 Å². The summed E-state index contributed by atoms with van der Waals surface area (Å²) < 4.78 is 5.95. The second kappa shape index (κ2) is 10.4. The average molecular weight is 361 g/mol. The molecule has 0 aromatic heterocycles. The molecule has 23 heavy (non-hydrogen) atoms. The van der Waals surface area contributed by atoms with E-state index in [1.807, 2.05) is 0 Å². The molecule has 3 nitrogen and oxygen atoms in total. The zero-order valence-electron chi connectivity index (χ0n) is 14.1. The molecule has 2 heterocycles. The Labute approximate surface area is 153 Å². The van der Waals surface area contributed by atoms with Crippen LogP contribution in [0.1, 0.15) is 43.7 Å². The number of nitrogens with zero attached hydrogens (tertiary/aromatic N) is 1. The van der Waals surface area contributed by atoms with E-state index in [-0.39, 0.29) is 24.8 Å². The van der Waals surface area contributed by atoms with E-state index in [2.05, 4.69) is 35.3 Å². The predicted octanol–water partition coefficient (Wildman–Crippen LogP) is 3.82. The number of likely N-dealkylation sites (tertiary alicyclic amines) is 1. The van der Waals surface area contributed by atoms with Gasteiger partial charge in [-0.2, -0.15) is 0 Å². The summed E-state index contributed by atoms with van der Waals surface area (Å²) >= 11 is 0. The lowest BCUT2D eigenvalue weighted by atomic mass is 10.0. The van der Waals surface area contributed by atoms with Crippen LogP contribution in [-0.4, -0.2) is 37.2 Å². The minimum absolute atomic E-state index is 0. The van der Waals surface area contributed by atoms with Gasteiger partial charge in [0.15, 0.2) is 0 Å². The highest BCUT2D eigenvalue weighted by molar-refractivity contribution is 5.85. The number of benzene rings is 1. The number of hydrogen-bond donors (Lipinski definition) is 1. The van der Waals surface area contributed by atoms with Crippen LogP contribution in [0.2, 0.25) is 0 Å². The number of fused-ring (bicyclic) bond motifs is 1. The van der Waals surface area contributed by atoms with Crippen molar-refractivity contribution in [3.8, 4) is 5.75 Å². The first-order chi connectivity index (χ1) is 10.3. The van der Waals surface area contributed by atoms with Gasteiger partial charge in [-0.3, -0.25) is 0 Å². The minimum Gasteiger partial charge on any atom is -0.494 e. The summed E-state index contributed by atoms with van der Waals surface area (Å²) in [7, 11) is 0. The van der Waals surface area contributed by atoms with Crippen LogP contribution in [0, 0.1) is 0 Å². The van der Waals surface area contributed by atoms with Crippen LogP contribution in [0.3, 0.4) is 0 Å². The zero-order valence-corrected chi connectivity index (χ0v) is 15.7. The van der Waals surface area contributed by atoms with Crippen LogP contribution in [0.5, 0.6) is 5.75 Å². The highest BCUT2D eigenvalue weighted by Crippen LogP contribution is 2.21. The number of ether oxygens (including phenoxy) is 1. The van der Waals surface area contributed by atoms with Gasteiger partial charge < -0.3 is 15.0 Å². The summed E-state index contributed by atoms with van der Waals surface area (Å²) in [6, 6.07) is 7.33. The molecule has 1 aromatic rings. The zero-order chi connectivity index (χ0) is 14.5. The molecular formula is C18H30Cl2N2O. The monoisotopic (exact) mass is 360 g/mol. The van der Waals surface area contributed by atoms with Gasteiger partial charge in [0.1, 0.15) is 5.75 Å². The first-order valence-electron chi connectivity index (χ1n) is 8.52. The van der Waals surface area contributed by atoms with Crippen LogP contribution in [-0.2, 0) is 13.0 Å². The normalized spacial score (nSPS) is 20.8. The van der Waals surface area contributed by atoms with Crippen molar-refractivity contribution in [3.05, 3.63) is 29.3 Å². The van der Waals surface area contributed by atoms with E-state index in [0.717, 1.165) is 44.3 Å². The fourth-order valence-corrected chi connectivity index (χ4v) is 3.49. The van der Waals surface area contributed by atoms with Gasteiger partial charge in [-0.05, 0) is 69.0 Å². The fourth-order valence-electron chi connectivity index (χ4n) is 3.49. The number of nitrogens with one attached hydrogen (secondary N) is 1. The lowest BCUT2D eigenvalue weighted by Crippen LogP contribution is -2.38. The van der Waals surface area contributed by atoms with Crippen molar-refractivity contribution in [1.29, 1.82) is 0 Å². The van der Waals surface area contributed by atoms with Crippen molar-refractivity contribution in [2.24, 2.45) is 0 Å². The molecule has 0 aliphatic carbocycles. The first-order valence-corrected chi connectivity index (χ1v) is 8.52. The van der Waals surface area contributed by atoms with E-state index in [4.69, 9.17) is 4.74 Å². The van der Waals surface area contributed by atoms with E-state index in [9.17, 15) is 0 Å². The van der Waals surface area contributed by atoms with E-state index in [1.165, 1.54) is 43.5 Å².